The highest BCUT2D eigenvalue weighted by molar-refractivity contribution is 5.20. The average molecular weight is 206 g/mol. The van der Waals surface area contributed by atoms with E-state index in [4.69, 9.17) is 4.74 Å². The minimum absolute atomic E-state index is 0.644. The molecule has 0 saturated carbocycles. The van der Waals surface area contributed by atoms with Gasteiger partial charge in [0.1, 0.15) is 5.75 Å². The molecule has 1 aromatic carbocycles. The van der Waals surface area contributed by atoms with Crippen molar-refractivity contribution in [1.82, 2.24) is 0 Å². The lowest BCUT2D eigenvalue weighted by molar-refractivity contribution is 0.256. The first kappa shape index (κ1) is 13.8. The van der Waals surface area contributed by atoms with Crippen molar-refractivity contribution in [2.75, 3.05) is 6.61 Å². The van der Waals surface area contributed by atoms with E-state index in [2.05, 4.69) is 20.4 Å². The van der Waals surface area contributed by atoms with Gasteiger partial charge in [-0.2, -0.15) is 0 Å². The van der Waals surface area contributed by atoms with E-state index < -0.39 is 0 Å². The molecule has 1 aromatic rings. The van der Waals surface area contributed by atoms with Gasteiger partial charge in [-0.1, -0.05) is 44.5 Å². The summed E-state index contributed by atoms with van der Waals surface area (Å²) in [6, 6.07) is 9.96. The maximum Gasteiger partial charge on any atom is 0.119 e. The van der Waals surface area contributed by atoms with E-state index in [9.17, 15) is 0 Å². The largest absolute Gasteiger partial charge is 0.493 e. The van der Waals surface area contributed by atoms with Crippen molar-refractivity contribution in [2.45, 2.75) is 27.2 Å². The van der Waals surface area contributed by atoms with E-state index in [1.807, 2.05) is 37.3 Å². The predicted molar refractivity (Wildman–Crippen MR) is 67.3 cm³/mol. The Balaban J connectivity index is 0.000000583. The highest BCUT2D eigenvalue weighted by atomic mass is 16.5. The van der Waals surface area contributed by atoms with Gasteiger partial charge in [0, 0.05) is 0 Å². The van der Waals surface area contributed by atoms with Crippen molar-refractivity contribution in [3.8, 4) is 5.75 Å². The molecular weight excluding hydrogens is 184 g/mol. The van der Waals surface area contributed by atoms with Gasteiger partial charge in [-0.05, 0) is 25.0 Å². The van der Waals surface area contributed by atoms with Gasteiger partial charge in [-0.15, -0.1) is 6.58 Å². The Bertz CT molecular complexity index is 241. The summed E-state index contributed by atoms with van der Waals surface area (Å²) >= 11 is 0. The summed E-state index contributed by atoms with van der Waals surface area (Å²) in [7, 11) is 0. The van der Waals surface area contributed by atoms with Gasteiger partial charge in [-0.25, -0.2) is 0 Å². The van der Waals surface area contributed by atoms with Crippen molar-refractivity contribution in [3.05, 3.63) is 43.0 Å². The van der Waals surface area contributed by atoms with Crippen molar-refractivity contribution >= 4 is 0 Å². The second kappa shape index (κ2) is 9.32. The van der Waals surface area contributed by atoms with Crippen LogP contribution in [0.3, 0.4) is 0 Å². The molecule has 1 heteroatoms. The van der Waals surface area contributed by atoms with E-state index in [1.165, 1.54) is 6.42 Å². The Morgan fingerprint density at radius 3 is 2.33 bits per heavy atom. The van der Waals surface area contributed by atoms with Gasteiger partial charge >= 0.3 is 0 Å². The number of hydrogen-bond acceptors (Lipinski definition) is 1. The molecule has 0 bridgehead atoms. The average Bonchev–Trinajstić information content (AvgIpc) is 2.28. The molecule has 1 nitrogen and oxygen atoms in total. The normalized spacial score (nSPS) is 10.9. The van der Waals surface area contributed by atoms with Crippen LogP contribution >= 0.6 is 0 Å². The third-order valence-corrected chi connectivity index (χ3v) is 1.97. The van der Waals surface area contributed by atoms with Crippen LogP contribution in [0.1, 0.15) is 27.2 Å². The monoisotopic (exact) mass is 206 g/mol. The van der Waals surface area contributed by atoms with Crippen molar-refractivity contribution in [1.29, 1.82) is 0 Å². The molecule has 0 N–H and O–H groups in total. The molecule has 0 aliphatic heterocycles. The summed E-state index contributed by atoms with van der Waals surface area (Å²) in [5.74, 6) is 1.61. The van der Waals surface area contributed by atoms with Crippen molar-refractivity contribution in [3.63, 3.8) is 0 Å². The third kappa shape index (κ3) is 7.80. The second-order valence-corrected chi connectivity index (χ2v) is 3.55. The maximum absolute atomic E-state index is 5.56. The van der Waals surface area contributed by atoms with Crippen LogP contribution in [0.15, 0.2) is 43.0 Å². The summed E-state index contributed by atoms with van der Waals surface area (Å²) in [4.78, 5) is 0. The van der Waals surface area contributed by atoms with Gasteiger partial charge in [0.05, 0.1) is 6.61 Å². The number of benzene rings is 1. The maximum atomic E-state index is 5.56. The van der Waals surface area contributed by atoms with Gasteiger partial charge < -0.3 is 4.74 Å². The Morgan fingerprint density at radius 2 is 1.87 bits per heavy atom. The summed E-state index contributed by atoms with van der Waals surface area (Å²) in [5, 5.41) is 0. The summed E-state index contributed by atoms with van der Waals surface area (Å²) in [6.07, 6.45) is 2.92. The lowest BCUT2D eigenvalue weighted by Gasteiger charge is -2.10. The van der Waals surface area contributed by atoms with E-state index in [0.717, 1.165) is 12.4 Å². The molecule has 0 amide bonds. The van der Waals surface area contributed by atoms with Crippen LogP contribution in [-0.4, -0.2) is 6.61 Å². The fourth-order valence-corrected chi connectivity index (χ4v) is 0.873. The molecule has 0 aliphatic rings. The molecule has 0 spiro atoms. The van der Waals surface area contributed by atoms with Gasteiger partial charge in [0.2, 0.25) is 0 Å². The smallest absolute Gasteiger partial charge is 0.119 e. The molecule has 0 fully saturated rings. The lowest BCUT2D eigenvalue weighted by Crippen LogP contribution is -2.06. The minimum Gasteiger partial charge on any atom is -0.493 e. The molecule has 15 heavy (non-hydrogen) atoms. The molecular formula is C14H22O. The van der Waals surface area contributed by atoms with Gasteiger partial charge in [0.25, 0.3) is 0 Å². The van der Waals surface area contributed by atoms with Crippen LogP contribution in [0.2, 0.25) is 0 Å². The highest BCUT2D eigenvalue weighted by Gasteiger charge is 1.98. The Morgan fingerprint density at radius 1 is 1.33 bits per heavy atom. The molecule has 1 rings (SSSR count). The fourth-order valence-electron chi connectivity index (χ4n) is 0.873. The van der Waals surface area contributed by atoms with E-state index >= 15 is 0 Å². The third-order valence-electron chi connectivity index (χ3n) is 1.97. The first-order valence-electron chi connectivity index (χ1n) is 5.49. The highest BCUT2D eigenvalue weighted by Crippen LogP contribution is 2.10. The lowest BCUT2D eigenvalue weighted by atomic mass is 10.1. The molecule has 0 heterocycles. The molecule has 0 saturated heterocycles. The Labute approximate surface area is 93.8 Å². The molecule has 0 radical (unpaired) electrons. The number of rotatable bonds is 4. The Kier molecular flexibility index (Phi) is 8.55. The summed E-state index contributed by atoms with van der Waals surface area (Å²) in [6.45, 7) is 10.4. The van der Waals surface area contributed by atoms with Crippen LogP contribution < -0.4 is 4.74 Å². The number of para-hydroxylation sites is 1. The van der Waals surface area contributed by atoms with E-state index in [-0.39, 0.29) is 0 Å². The van der Waals surface area contributed by atoms with Crippen LogP contribution in [0.4, 0.5) is 0 Å². The molecule has 0 aromatic heterocycles. The van der Waals surface area contributed by atoms with Crippen molar-refractivity contribution < 1.29 is 4.74 Å². The van der Waals surface area contributed by atoms with Crippen LogP contribution in [0.25, 0.3) is 0 Å². The van der Waals surface area contributed by atoms with Crippen molar-refractivity contribution in [2.24, 2.45) is 5.92 Å². The predicted octanol–water partition coefficient (Wildman–Crippen LogP) is 4.30. The molecule has 1 atom stereocenters. The summed E-state index contributed by atoms with van der Waals surface area (Å²) < 4.78 is 5.56. The van der Waals surface area contributed by atoms with E-state index in [0.29, 0.717) is 5.92 Å². The quantitative estimate of drug-likeness (QED) is 0.667. The number of ether oxygens (including phenoxy) is 1. The summed E-state index contributed by atoms with van der Waals surface area (Å²) in [5.41, 5.74) is 0. The first-order chi connectivity index (χ1) is 7.24. The minimum atomic E-state index is 0.644. The zero-order chi connectivity index (χ0) is 11.5. The second-order valence-electron chi connectivity index (χ2n) is 3.55. The first-order valence-corrected chi connectivity index (χ1v) is 5.49. The number of allylic oxidation sites excluding steroid dienone is 1. The Hall–Kier alpha value is -1.24. The molecule has 0 aliphatic carbocycles. The molecule has 0 unspecified atom stereocenters. The van der Waals surface area contributed by atoms with Crippen LogP contribution in [0, 0.1) is 5.92 Å². The zero-order valence-corrected chi connectivity index (χ0v) is 10.1. The van der Waals surface area contributed by atoms with Crippen LogP contribution in [0.5, 0.6) is 5.75 Å². The van der Waals surface area contributed by atoms with Crippen LogP contribution in [-0.2, 0) is 0 Å². The van der Waals surface area contributed by atoms with Gasteiger partial charge in [-0.3, -0.25) is 0 Å². The SMILES string of the molecule is C=CC.CC[C@@H](C)COc1ccccc1. The topological polar surface area (TPSA) is 9.23 Å². The number of hydrogen-bond donors (Lipinski definition) is 0. The van der Waals surface area contributed by atoms with Gasteiger partial charge in [0.15, 0.2) is 0 Å². The fraction of sp³-hybridized carbons (Fsp3) is 0.429. The zero-order valence-electron chi connectivity index (χ0n) is 10.1. The van der Waals surface area contributed by atoms with E-state index in [1.54, 1.807) is 6.08 Å². The standard InChI is InChI=1S/C11H16O.C3H6/c1-3-10(2)9-12-11-7-5-4-6-8-11;1-3-2/h4-8,10H,3,9H2,1-2H3;3H,1H2,2H3/t10-;/m1./s1. The molecule has 84 valence electrons.